The van der Waals surface area contributed by atoms with Gasteiger partial charge in [0.1, 0.15) is 0 Å². The number of aliphatic hydroxyl groups is 1. The molecule has 0 aliphatic carbocycles. The van der Waals surface area contributed by atoms with Crippen LogP contribution in [0.15, 0.2) is 23.1 Å². The van der Waals surface area contributed by atoms with Crippen molar-refractivity contribution in [3.8, 4) is 17.3 Å². The number of halogens is 2. The van der Waals surface area contributed by atoms with Crippen LogP contribution < -0.4 is 10.7 Å². The van der Waals surface area contributed by atoms with E-state index in [1.807, 2.05) is 18.4 Å². The van der Waals surface area contributed by atoms with E-state index in [0.717, 1.165) is 25.1 Å². The summed E-state index contributed by atoms with van der Waals surface area (Å²) in [6.07, 6.45) is 3.02. The molecule has 2 aliphatic rings. The number of aromatic nitrogens is 3. The molecule has 2 aromatic heterocycles. The fourth-order valence-electron chi connectivity index (χ4n) is 5.78. The zero-order valence-corrected chi connectivity index (χ0v) is 23.7. The monoisotopic (exact) mass is 568 g/mol. The van der Waals surface area contributed by atoms with Gasteiger partial charge in [-0.05, 0) is 58.7 Å². The molecule has 40 heavy (non-hydrogen) atoms. The van der Waals surface area contributed by atoms with Crippen molar-refractivity contribution in [3.63, 3.8) is 0 Å². The summed E-state index contributed by atoms with van der Waals surface area (Å²) in [4.78, 5) is 24.4. The van der Waals surface area contributed by atoms with Crippen molar-refractivity contribution in [2.24, 2.45) is 5.92 Å². The normalized spacial score (nSPS) is 22.0. The number of rotatable bonds is 6. The Morgan fingerprint density at radius 3 is 2.88 bits per heavy atom. The topological polar surface area (TPSA) is 116 Å². The number of nitriles is 1. The standard InChI is InChI=1S/C29H34ClFN6O3/c1-16(2)37-23(14-36-9-4-5-18(11-32)13-36)17(3)28(39)20-7-6-19(25(31)27(20)37)26-21(30)12-33-29(35-26)34-22-8-10-40-15-24(22)38/h6-7,12,16,18,22,24,38H,4-5,8-10,13-15H2,1-3H3,(H,33,34,35)/t18-,22+,24+/m0/s1. The largest absolute Gasteiger partial charge is 0.389 e. The van der Waals surface area contributed by atoms with E-state index >= 15 is 4.39 Å². The van der Waals surface area contributed by atoms with Crippen LogP contribution in [0.1, 0.15) is 50.4 Å². The number of hydrogen-bond donors (Lipinski definition) is 2. The number of anilines is 1. The van der Waals surface area contributed by atoms with Crippen LogP contribution in [0, 0.1) is 30.0 Å². The predicted octanol–water partition coefficient (Wildman–Crippen LogP) is 4.44. The van der Waals surface area contributed by atoms with Gasteiger partial charge in [-0.25, -0.2) is 14.4 Å². The van der Waals surface area contributed by atoms with E-state index < -0.39 is 11.9 Å². The van der Waals surface area contributed by atoms with Gasteiger partial charge in [0.2, 0.25) is 5.95 Å². The molecular weight excluding hydrogens is 535 g/mol. The van der Waals surface area contributed by atoms with Crippen molar-refractivity contribution < 1.29 is 14.2 Å². The van der Waals surface area contributed by atoms with Crippen molar-refractivity contribution in [2.45, 2.75) is 64.8 Å². The van der Waals surface area contributed by atoms with E-state index in [9.17, 15) is 15.2 Å². The van der Waals surface area contributed by atoms with Crippen LogP contribution in [-0.4, -0.2) is 63.0 Å². The molecular formula is C29H34ClFN6O3. The molecule has 4 heterocycles. The summed E-state index contributed by atoms with van der Waals surface area (Å²) in [6, 6.07) is 5.07. The third kappa shape index (κ3) is 5.44. The summed E-state index contributed by atoms with van der Waals surface area (Å²) in [5.41, 5.74) is 1.65. The van der Waals surface area contributed by atoms with Gasteiger partial charge in [0.05, 0.1) is 53.2 Å². The summed E-state index contributed by atoms with van der Waals surface area (Å²) in [6.45, 7) is 8.32. The molecule has 0 bridgehead atoms. The quantitative estimate of drug-likeness (QED) is 0.448. The lowest BCUT2D eigenvalue weighted by molar-refractivity contribution is -0.0136. The van der Waals surface area contributed by atoms with Gasteiger partial charge >= 0.3 is 0 Å². The molecule has 3 aromatic rings. The van der Waals surface area contributed by atoms with Crippen LogP contribution in [-0.2, 0) is 11.3 Å². The maximum atomic E-state index is 16.6. The second kappa shape index (κ2) is 11.8. The molecule has 1 aromatic carbocycles. The van der Waals surface area contributed by atoms with Crippen molar-refractivity contribution in [1.29, 1.82) is 5.26 Å². The van der Waals surface area contributed by atoms with Gasteiger partial charge in [-0.3, -0.25) is 9.69 Å². The number of ether oxygens (including phenoxy) is 1. The number of nitrogens with zero attached hydrogens (tertiary/aromatic N) is 5. The van der Waals surface area contributed by atoms with E-state index in [1.165, 1.54) is 12.3 Å². The smallest absolute Gasteiger partial charge is 0.223 e. The predicted molar refractivity (Wildman–Crippen MR) is 152 cm³/mol. The number of piperidine rings is 1. The Balaban J connectivity index is 1.61. The Labute approximate surface area is 237 Å². The average molecular weight is 569 g/mol. The number of fused-ring (bicyclic) bond motifs is 1. The fourth-order valence-corrected chi connectivity index (χ4v) is 5.97. The van der Waals surface area contributed by atoms with Gasteiger partial charge in [-0.15, -0.1) is 0 Å². The molecule has 0 spiro atoms. The van der Waals surface area contributed by atoms with Crippen LogP contribution in [0.5, 0.6) is 0 Å². The summed E-state index contributed by atoms with van der Waals surface area (Å²) < 4.78 is 23.8. The maximum absolute atomic E-state index is 16.6. The molecule has 3 atom stereocenters. The molecule has 2 fully saturated rings. The Kier molecular flexibility index (Phi) is 8.38. The van der Waals surface area contributed by atoms with E-state index in [0.29, 0.717) is 37.1 Å². The van der Waals surface area contributed by atoms with Gasteiger partial charge in [-0.1, -0.05) is 11.6 Å². The number of aliphatic hydroxyl groups excluding tert-OH is 1. The number of pyridine rings is 1. The Bertz CT molecular complexity index is 1520. The Morgan fingerprint density at radius 2 is 2.15 bits per heavy atom. The van der Waals surface area contributed by atoms with Gasteiger partial charge in [0, 0.05) is 47.9 Å². The van der Waals surface area contributed by atoms with Gasteiger partial charge in [0.25, 0.3) is 0 Å². The molecule has 9 nitrogen and oxygen atoms in total. The van der Waals surface area contributed by atoms with Crippen LogP contribution >= 0.6 is 11.6 Å². The number of hydrogen-bond acceptors (Lipinski definition) is 8. The highest BCUT2D eigenvalue weighted by atomic mass is 35.5. The summed E-state index contributed by atoms with van der Waals surface area (Å²) in [5, 5.41) is 23.3. The lowest BCUT2D eigenvalue weighted by Crippen LogP contribution is -2.42. The first-order valence-corrected chi connectivity index (χ1v) is 14.1. The van der Waals surface area contributed by atoms with Crippen LogP contribution in [0.2, 0.25) is 5.02 Å². The highest BCUT2D eigenvalue weighted by Gasteiger charge is 2.27. The molecule has 0 amide bonds. The van der Waals surface area contributed by atoms with E-state index in [4.69, 9.17) is 16.3 Å². The number of nitrogens with one attached hydrogen (secondary N) is 1. The highest BCUT2D eigenvalue weighted by Crippen LogP contribution is 2.34. The lowest BCUT2D eigenvalue weighted by atomic mass is 9.98. The minimum atomic E-state index is -0.723. The molecule has 0 unspecified atom stereocenters. The Morgan fingerprint density at radius 1 is 1.35 bits per heavy atom. The van der Waals surface area contributed by atoms with Gasteiger partial charge < -0.3 is 19.7 Å². The van der Waals surface area contributed by atoms with E-state index in [-0.39, 0.29) is 57.8 Å². The summed E-state index contributed by atoms with van der Waals surface area (Å²) >= 11 is 6.48. The van der Waals surface area contributed by atoms with Gasteiger partial charge in [0.15, 0.2) is 11.2 Å². The minimum absolute atomic E-state index is 0.0537. The maximum Gasteiger partial charge on any atom is 0.223 e. The van der Waals surface area contributed by atoms with Gasteiger partial charge in [-0.2, -0.15) is 5.26 Å². The number of benzene rings is 1. The summed E-state index contributed by atoms with van der Waals surface area (Å²) in [5.74, 6) is -0.425. The molecule has 0 radical (unpaired) electrons. The van der Waals surface area contributed by atoms with Crippen molar-refractivity contribution in [1.82, 2.24) is 19.4 Å². The molecule has 2 saturated heterocycles. The molecule has 2 aliphatic heterocycles. The second-order valence-electron chi connectivity index (χ2n) is 11.0. The lowest BCUT2D eigenvalue weighted by Gasteiger charge is -2.32. The van der Waals surface area contributed by atoms with Crippen LogP contribution in [0.3, 0.4) is 0 Å². The first-order valence-electron chi connectivity index (χ1n) is 13.7. The van der Waals surface area contributed by atoms with Crippen molar-refractivity contribution in [3.05, 3.63) is 50.7 Å². The zero-order valence-electron chi connectivity index (χ0n) is 23.0. The van der Waals surface area contributed by atoms with Crippen molar-refractivity contribution in [2.75, 3.05) is 31.6 Å². The van der Waals surface area contributed by atoms with Crippen molar-refractivity contribution >= 4 is 28.5 Å². The molecule has 5 rings (SSSR count). The second-order valence-corrected chi connectivity index (χ2v) is 11.4. The first-order chi connectivity index (χ1) is 19.2. The molecule has 212 valence electrons. The van der Waals surface area contributed by atoms with Crippen LogP contribution in [0.25, 0.3) is 22.2 Å². The first kappa shape index (κ1) is 28.4. The molecule has 11 heteroatoms. The number of likely N-dealkylation sites (tertiary alicyclic amines) is 1. The van der Waals surface area contributed by atoms with E-state index in [2.05, 4.69) is 26.3 Å². The SMILES string of the molecule is Cc1c(CN2CCC[C@@H](C#N)C2)n(C(C)C)c2c(F)c(-c3nc(N[C@@H]4CCOC[C@H]4O)ncc3Cl)ccc2c1=O. The zero-order chi connectivity index (χ0) is 28.6. The highest BCUT2D eigenvalue weighted by molar-refractivity contribution is 6.33. The third-order valence-corrected chi connectivity index (χ3v) is 8.16. The molecule has 0 saturated carbocycles. The molecule has 2 N–H and O–H groups in total. The Hall–Kier alpha value is -3.10. The van der Waals surface area contributed by atoms with E-state index in [1.54, 1.807) is 13.0 Å². The minimum Gasteiger partial charge on any atom is -0.389 e. The summed E-state index contributed by atoms with van der Waals surface area (Å²) in [7, 11) is 0. The third-order valence-electron chi connectivity index (χ3n) is 7.88. The van der Waals surface area contributed by atoms with Crippen LogP contribution in [0.4, 0.5) is 10.3 Å². The average Bonchev–Trinajstić information content (AvgIpc) is 2.94. The fraction of sp³-hybridized carbons (Fsp3) is 0.517.